The van der Waals surface area contributed by atoms with Crippen molar-refractivity contribution >= 4 is 33.4 Å². The molecule has 3 rings (SSSR count). The van der Waals surface area contributed by atoms with Crippen molar-refractivity contribution in [3.05, 3.63) is 53.0 Å². The van der Waals surface area contributed by atoms with E-state index in [2.05, 4.69) is 4.98 Å². The number of carbonyl (C=O) groups is 2. The standard InChI is InChI=1S/C22H24N2O5S/c1-5-28-18-12-15(10-11-17(18)27-4)22(26)29-14(2)21(25)24(3)13-20-23-16-8-6-7-9-19(16)30-20/h6-12,14H,5,13H2,1-4H3. The maximum Gasteiger partial charge on any atom is 0.339 e. The first-order valence-electron chi connectivity index (χ1n) is 9.54. The normalized spacial score (nSPS) is 11.7. The largest absolute Gasteiger partial charge is 0.493 e. The van der Waals surface area contributed by atoms with Gasteiger partial charge < -0.3 is 19.1 Å². The molecule has 0 aliphatic heterocycles. The summed E-state index contributed by atoms with van der Waals surface area (Å²) in [5.74, 6) is 0.0588. The predicted molar refractivity (Wildman–Crippen MR) is 115 cm³/mol. The Bertz CT molecular complexity index is 1020. The number of methoxy groups -OCH3 is 1. The van der Waals surface area contributed by atoms with Gasteiger partial charge in [-0.05, 0) is 44.2 Å². The van der Waals surface area contributed by atoms with Gasteiger partial charge in [0, 0.05) is 7.05 Å². The highest BCUT2D eigenvalue weighted by molar-refractivity contribution is 7.18. The third-order valence-electron chi connectivity index (χ3n) is 4.42. The summed E-state index contributed by atoms with van der Waals surface area (Å²) >= 11 is 1.54. The third kappa shape index (κ3) is 4.88. The summed E-state index contributed by atoms with van der Waals surface area (Å²) in [6.07, 6.45) is -0.936. The van der Waals surface area contributed by atoms with Crippen LogP contribution >= 0.6 is 11.3 Å². The van der Waals surface area contributed by atoms with Gasteiger partial charge in [-0.2, -0.15) is 0 Å². The number of thiazole rings is 1. The van der Waals surface area contributed by atoms with E-state index in [-0.39, 0.29) is 11.5 Å². The van der Waals surface area contributed by atoms with Crippen LogP contribution in [-0.2, 0) is 16.1 Å². The van der Waals surface area contributed by atoms with Crippen molar-refractivity contribution in [2.75, 3.05) is 20.8 Å². The molecular weight excluding hydrogens is 404 g/mol. The monoisotopic (exact) mass is 428 g/mol. The number of amides is 1. The SMILES string of the molecule is CCOc1cc(C(=O)OC(C)C(=O)N(C)Cc2nc3ccccc3s2)ccc1OC. The first-order chi connectivity index (χ1) is 14.4. The van der Waals surface area contributed by atoms with Crippen LogP contribution in [0.1, 0.15) is 29.2 Å². The summed E-state index contributed by atoms with van der Waals surface area (Å²) in [5, 5.41) is 0.821. The van der Waals surface area contributed by atoms with Gasteiger partial charge in [-0.3, -0.25) is 4.79 Å². The average molecular weight is 429 g/mol. The number of fused-ring (bicyclic) bond motifs is 1. The smallest absolute Gasteiger partial charge is 0.339 e. The zero-order valence-electron chi connectivity index (χ0n) is 17.4. The topological polar surface area (TPSA) is 78.0 Å². The van der Waals surface area contributed by atoms with Crippen molar-refractivity contribution in [3.63, 3.8) is 0 Å². The Balaban J connectivity index is 1.64. The van der Waals surface area contributed by atoms with Crippen LogP contribution in [0.15, 0.2) is 42.5 Å². The highest BCUT2D eigenvalue weighted by Crippen LogP contribution is 2.28. The summed E-state index contributed by atoms with van der Waals surface area (Å²) in [6.45, 7) is 4.17. The van der Waals surface area contributed by atoms with E-state index in [1.54, 1.807) is 32.2 Å². The molecular formula is C22H24N2O5S. The molecule has 0 bridgehead atoms. The van der Waals surface area contributed by atoms with Gasteiger partial charge in [0.1, 0.15) is 5.01 Å². The van der Waals surface area contributed by atoms with Crippen molar-refractivity contribution < 1.29 is 23.8 Å². The maximum atomic E-state index is 12.7. The van der Waals surface area contributed by atoms with E-state index >= 15 is 0 Å². The number of hydrogen-bond donors (Lipinski definition) is 0. The van der Waals surface area contributed by atoms with Crippen LogP contribution in [0.4, 0.5) is 0 Å². The van der Waals surface area contributed by atoms with Gasteiger partial charge in [-0.1, -0.05) is 12.1 Å². The van der Waals surface area contributed by atoms with Gasteiger partial charge in [0.2, 0.25) is 0 Å². The Morgan fingerprint density at radius 2 is 1.93 bits per heavy atom. The molecule has 0 aliphatic carbocycles. The number of aromatic nitrogens is 1. The zero-order chi connectivity index (χ0) is 21.7. The molecule has 1 amide bonds. The molecule has 0 fully saturated rings. The first-order valence-corrected chi connectivity index (χ1v) is 10.4. The number of likely N-dealkylation sites (N-methyl/N-ethyl adjacent to an activating group) is 1. The van der Waals surface area contributed by atoms with Gasteiger partial charge in [0.25, 0.3) is 5.91 Å². The van der Waals surface area contributed by atoms with Crippen LogP contribution in [-0.4, -0.2) is 48.6 Å². The van der Waals surface area contributed by atoms with Crippen LogP contribution < -0.4 is 9.47 Å². The van der Waals surface area contributed by atoms with E-state index in [1.807, 2.05) is 31.2 Å². The zero-order valence-corrected chi connectivity index (χ0v) is 18.2. The second-order valence-electron chi connectivity index (χ2n) is 6.62. The molecule has 7 nitrogen and oxygen atoms in total. The van der Waals surface area contributed by atoms with E-state index in [4.69, 9.17) is 14.2 Å². The fraction of sp³-hybridized carbons (Fsp3) is 0.318. The van der Waals surface area contributed by atoms with Crippen LogP contribution in [0.25, 0.3) is 10.2 Å². The molecule has 1 heterocycles. The minimum absolute atomic E-state index is 0.285. The molecule has 1 atom stereocenters. The lowest BCUT2D eigenvalue weighted by Crippen LogP contribution is -2.37. The molecule has 0 radical (unpaired) electrons. The molecule has 0 saturated heterocycles. The summed E-state index contributed by atoms with van der Waals surface area (Å²) in [6, 6.07) is 12.6. The molecule has 1 unspecified atom stereocenters. The molecule has 3 aromatic rings. The number of hydrogen-bond acceptors (Lipinski definition) is 7. The summed E-state index contributed by atoms with van der Waals surface area (Å²) < 4.78 is 17.2. The van der Waals surface area contributed by atoms with Crippen molar-refractivity contribution in [1.29, 1.82) is 0 Å². The van der Waals surface area contributed by atoms with Crippen LogP contribution in [0, 0.1) is 0 Å². The number of esters is 1. The Hall–Kier alpha value is -3.13. The van der Waals surface area contributed by atoms with E-state index in [9.17, 15) is 9.59 Å². The number of rotatable bonds is 8. The van der Waals surface area contributed by atoms with Crippen LogP contribution in [0.2, 0.25) is 0 Å². The number of nitrogens with zero attached hydrogens (tertiary/aromatic N) is 2. The Kier molecular flexibility index (Phi) is 6.89. The molecule has 0 aliphatic rings. The van der Waals surface area contributed by atoms with E-state index in [0.717, 1.165) is 15.2 Å². The number of ether oxygens (including phenoxy) is 3. The lowest BCUT2D eigenvalue weighted by molar-refractivity contribution is -0.139. The summed E-state index contributed by atoms with van der Waals surface area (Å²) in [4.78, 5) is 31.2. The van der Waals surface area contributed by atoms with Gasteiger partial charge in [0.15, 0.2) is 17.6 Å². The predicted octanol–water partition coefficient (Wildman–Crippen LogP) is 3.91. The summed E-state index contributed by atoms with van der Waals surface area (Å²) in [7, 11) is 3.19. The van der Waals surface area contributed by atoms with Gasteiger partial charge in [-0.15, -0.1) is 11.3 Å². The fourth-order valence-corrected chi connectivity index (χ4v) is 3.95. The lowest BCUT2D eigenvalue weighted by atomic mass is 10.2. The number of carbonyl (C=O) groups excluding carboxylic acids is 2. The van der Waals surface area contributed by atoms with Crippen LogP contribution in [0.5, 0.6) is 11.5 Å². The van der Waals surface area contributed by atoms with Crippen molar-refractivity contribution in [1.82, 2.24) is 9.88 Å². The van der Waals surface area contributed by atoms with E-state index in [0.29, 0.717) is 24.7 Å². The molecule has 8 heteroatoms. The van der Waals surface area contributed by atoms with Gasteiger partial charge in [-0.25, -0.2) is 9.78 Å². The van der Waals surface area contributed by atoms with E-state index in [1.165, 1.54) is 23.3 Å². The quantitative estimate of drug-likeness (QED) is 0.506. The lowest BCUT2D eigenvalue weighted by Gasteiger charge is -2.20. The minimum Gasteiger partial charge on any atom is -0.493 e. The number of benzene rings is 2. The fourth-order valence-electron chi connectivity index (χ4n) is 2.93. The van der Waals surface area contributed by atoms with Crippen LogP contribution in [0.3, 0.4) is 0 Å². The first kappa shape index (κ1) is 21.6. The minimum atomic E-state index is -0.936. The molecule has 2 aromatic carbocycles. The Morgan fingerprint density at radius 1 is 1.17 bits per heavy atom. The Labute approximate surface area is 179 Å². The molecule has 30 heavy (non-hydrogen) atoms. The molecule has 0 spiro atoms. The highest BCUT2D eigenvalue weighted by atomic mass is 32.1. The van der Waals surface area contributed by atoms with Gasteiger partial charge in [0.05, 0.1) is 36.0 Å². The van der Waals surface area contributed by atoms with Crippen molar-refractivity contribution in [3.8, 4) is 11.5 Å². The van der Waals surface area contributed by atoms with Crippen molar-refractivity contribution in [2.45, 2.75) is 26.5 Å². The average Bonchev–Trinajstić information content (AvgIpc) is 3.15. The van der Waals surface area contributed by atoms with E-state index < -0.39 is 12.1 Å². The molecule has 158 valence electrons. The summed E-state index contributed by atoms with van der Waals surface area (Å²) in [5.41, 5.74) is 1.19. The second-order valence-corrected chi connectivity index (χ2v) is 7.73. The third-order valence-corrected chi connectivity index (χ3v) is 5.44. The highest BCUT2D eigenvalue weighted by Gasteiger charge is 2.24. The number of para-hydroxylation sites is 1. The second kappa shape index (κ2) is 9.58. The van der Waals surface area contributed by atoms with Crippen molar-refractivity contribution in [2.24, 2.45) is 0 Å². The molecule has 0 N–H and O–H groups in total. The Morgan fingerprint density at radius 3 is 2.63 bits per heavy atom. The molecule has 0 saturated carbocycles. The maximum absolute atomic E-state index is 12.7. The molecule has 1 aromatic heterocycles. The van der Waals surface area contributed by atoms with Gasteiger partial charge >= 0.3 is 5.97 Å².